The first kappa shape index (κ1) is 24.0. The van der Waals surface area contributed by atoms with E-state index in [-0.39, 0.29) is 23.9 Å². The molecule has 0 aliphatic carbocycles. The molecule has 3 N–H and O–H groups in total. The van der Waals surface area contributed by atoms with Crippen LogP contribution in [-0.2, 0) is 16.8 Å². The van der Waals surface area contributed by atoms with E-state index in [0.717, 1.165) is 12.1 Å². The Balaban J connectivity index is 1.71. The summed E-state index contributed by atoms with van der Waals surface area (Å²) in [6.45, 7) is 8.31. The zero-order chi connectivity index (χ0) is 23.3. The summed E-state index contributed by atoms with van der Waals surface area (Å²) in [7, 11) is 0. The van der Waals surface area contributed by atoms with E-state index in [1.165, 1.54) is 17.7 Å². The van der Waals surface area contributed by atoms with Crippen molar-refractivity contribution in [3.8, 4) is 11.5 Å². The largest absolute Gasteiger partial charge is 0.488 e. The van der Waals surface area contributed by atoms with E-state index in [4.69, 9.17) is 15.2 Å². The Kier molecular flexibility index (Phi) is 7.74. The van der Waals surface area contributed by atoms with Crippen LogP contribution >= 0.6 is 0 Å². The molecule has 3 rings (SSSR count). The zero-order valence-corrected chi connectivity index (χ0v) is 19.0. The van der Waals surface area contributed by atoms with Crippen molar-refractivity contribution in [2.45, 2.75) is 57.8 Å². The fourth-order valence-electron chi connectivity index (χ4n) is 3.80. The molecule has 2 atom stereocenters. The van der Waals surface area contributed by atoms with Gasteiger partial charge in [-0.05, 0) is 54.2 Å². The van der Waals surface area contributed by atoms with Crippen LogP contribution in [0, 0.1) is 5.82 Å². The first-order chi connectivity index (χ1) is 15.1. The molecule has 1 heterocycles. The second kappa shape index (κ2) is 10.3. The molecule has 2 aromatic carbocycles. The number of ether oxygens (including phenoxy) is 2. The Morgan fingerprint density at radius 2 is 1.84 bits per heavy atom. The predicted molar refractivity (Wildman–Crippen MR) is 121 cm³/mol. The second-order valence-electron chi connectivity index (χ2n) is 9.36. The number of aliphatic hydroxyl groups is 1. The topological polar surface area (TPSA) is 85.0 Å². The maximum atomic E-state index is 13.2. The maximum Gasteiger partial charge on any atom is 0.255 e. The van der Waals surface area contributed by atoms with E-state index in [1.807, 2.05) is 12.1 Å². The van der Waals surface area contributed by atoms with Crippen molar-refractivity contribution in [3.05, 3.63) is 59.4 Å². The summed E-state index contributed by atoms with van der Waals surface area (Å²) in [5.41, 5.74) is 7.38. The third-order valence-corrected chi connectivity index (χ3v) is 5.69. The van der Waals surface area contributed by atoms with Crippen LogP contribution in [0.4, 0.5) is 4.39 Å². The van der Waals surface area contributed by atoms with Gasteiger partial charge >= 0.3 is 0 Å². The number of benzene rings is 2. The van der Waals surface area contributed by atoms with Gasteiger partial charge in [-0.2, -0.15) is 0 Å². The van der Waals surface area contributed by atoms with Crippen LogP contribution in [-0.4, -0.2) is 47.8 Å². The van der Waals surface area contributed by atoms with Gasteiger partial charge in [0, 0.05) is 25.2 Å². The lowest BCUT2D eigenvalue weighted by Gasteiger charge is -2.25. The van der Waals surface area contributed by atoms with E-state index < -0.39 is 12.0 Å². The van der Waals surface area contributed by atoms with Gasteiger partial charge in [-0.3, -0.25) is 9.69 Å². The summed E-state index contributed by atoms with van der Waals surface area (Å²) in [6, 6.07) is 11.9. The number of hydrogen-bond acceptors (Lipinski definition) is 5. The molecule has 32 heavy (non-hydrogen) atoms. The number of aliphatic hydroxyl groups excluding tert-OH is 1. The normalized spacial score (nSPS) is 19.9. The van der Waals surface area contributed by atoms with E-state index in [2.05, 4.69) is 31.7 Å². The lowest BCUT2D eigenvalue weighted by Crippen LogP contribution is -2.31. The minimum absolute atomic E-state index is 0.0277. The minimum atomic E-state index is -0.614. The molecule has 1 amide bonds. The molecule has 0 aromatic heterocycles. The number of hydrogen-bond donors (Lipinski definition) is 2. The quantitative estimate of drug-likeness (QED) is 0.684. The van der Waals surface area contributed by atoms with Gasteiger partial charge in [0.15, 0.2) is 6.61 Å². The van der Waals surface area contributed by atoms with Crippen LogP contribution in [0.2, 0.25) is 0 Å². The molecule has 0 saturated carbocycles. The van der Waals surface area contributed by atoms with Crippen molar-refractivity contribution in [2.24, 2.45) is 5.73 Å². The van der Waals surface area contributed by atoms with Crippen molar-refractivity contribution in [2.75, 3.05) is 19.7 Å². The van der Waals surface area contributed by atoms with Gasteiger partial charge in [0.1, 0.15) is 23.4 Å². The molecule has 7 heteroatoms. The average molecular weight is 445 g/mol. The molecule has 0 radical (unpaired) electrons. The first-order valence-electron chi connectivity index (χ1n) is 11.0. The first-order valence-corrected chi connectivity index (χ1v) is 11.0. The molecule has 2 aromatic rings. The highest BCUT2D eigenvalue weighted by atomic mass is 19.1. The van der Waals surface area contributed by atoms with Crippen LogP contribution in [0.15, 0.2) is 42.5 Å². The molecule has 1 aliphatic rings. The zero-order valence-electron chi connectivity index (χ0n) is 19.0. The summed E-state index contributed by atoms with van der Waals surface area (Å²) >= 11 is 0. The Morgan fingerprint density at radius 1 is 1.16 bits per heavy atom. The third kappa shape index (κ3) is 6.68. The van der Waals surface area contributed by atoms with Crippen LogP contribution < -0.4 is 15.2 Å². The fourth-order valence-corrected chi connectivity index (χ4v) is 3.80. The predicted octanol–water partition coefficient (Wildman–Crippen LogP) is 3.39. The number of halogens is 1. The second-order valence-corrected chi connectivity index (χ2v) is 9.36. The van der Waals surface area contributed by atoms with Gasteiger partial charge in [-0.15, -0.1) is 0 Å². The third-order valence-electron chi connectivity index (χ3n) is 5.69. The fraction of sp³-hybridized carbons (Fsp3) is 0.480. The Bertz CT molecular complexity index is 911. The van der Waals surface area contributed by atoms with Gasteiger partial charge in [0.05, 0.1) is 6.10 Å². The van der Waals surface area contributed by atoms with Crippen LogP contribution in [0.1, 0.15) is 44.7 Å². The van der Waals surface area contributed by atoms with E-state index in [0.29, 0.717) is 37.4 Å². The molecule has 0 bridgehead atoms. The molecule has 6 nitrogen and oxygen atoms in total. The van der Waals surface area contributed by atoms with Crippen LogP contribution in [0.3, 0.4) is 0 Å². The number of likely N-dealkylation sites (tertiary alicyclic amines) is 1. The number of carbonyl (C=O) groups is 1. The van der Waals surface area contributed by atoms with Gasteiger partial charge in [-0.1, -0.05) is 32.9 Å². The highest BCUT2D eigenvalue weighted by Crippen LogP contribution is 2.30. The molecule has 0 unspecified atom stereocenters. The van der Waals surface area contributed by atoms with Crippen molar-refractivity contribution >= 4 is 5.91 Å². The standard InChI is InChI=1S/C25H33FN2O4/c1-25(2,3)18-4-9-22(31-16-24(27)30)17(14-18)15-28-12-10-21(29)23(11-13-28)32-20-7-5-19(26)6-8-20/h4-9,14,21,23,29H,10-13,15-16H2,1-3H3,(H2,27,30)/t21-,23-/m0/s1. The van der Waals surface area contributed by atoms with Crippen molar-refractivity contribution < 1.29 is 23.8 Å². The number of primary amides is 1. The van der Waals surface area contributed by atoms with Gasteiger partial charge in [0.2, 0.25) is 0 Å². The SMILES string of the molecule is CC(C)(C)c1ccc(OCC(N)=O)c(CN2CC[C@H](Oc3ccc(F)cc3)[C@@H](O)CC2)c1. The summed E-state index contributed by atoms with van der Waals surface area (Å²) < 4.78 is 24.7. The van der Waals surface area contributed by atoms with E-state index in [1.54, 1.807) is 12.1 Å². The molecule has 1 saturated heterocycles. The van der Waals surface area contributed by atoms with Crippen molar-refractivity contribution in [1.82, 2.24) is 4.90 Å². The lowest BCUT2D eigenvalue weighted by molar-refractivity contribution is -0.119. The monoisotopic (exact) mass is 444 g/mol. The number of amides is 1. The Morgan fingerprint density at radius 3 is 2.50 bits per heavy atom. The summed E-state index contributed by atoms with van der Waals surface area (Å²) in [5.74, 6) is 0.343. The summed E-state index contributed by atoms with van der Waals surface area (Å²) in [6.07, 6.45) is 0.214. The molecular formula is C25H33FN2O4. The Hall–Kier alpha value is -2.64. The van der Waals surface area contributed by atoms with Crippen LogP contribution in [0.25, 0.3) is 0 Å². The highest BCUT2D eigenvalue weighted by Gasteiger charge is 2.27. The highest BCUT2D eigenvalue weighted by molar-refractivity contribution is 5.75. The van der Waals surface area contributed by atoms with Crippen molar-refractivity contribution in [1.29, 1.82) is 0 Å². The number of nitrogens with two attached hydrogens (primary N) is 1. The minimum Gasteiger partial charge on any atom is -0.488 e. The van der Waals surface area contributed by atoms with Gasteiger partial charge < -0.3 is 20.3 Å². The summed E-state index contributed by atoms with van der Waals surface area (Å²) in [4.78, 5) is 13.5. The Labute approximate surface area is 189 Å². The number of carbonyl (C=O) groups excluding carboxylic acids is 1. The lowest BCUT2D eigenvalue weighted by atomic mass is 9.86. The smallest absolute Gasteiger partial charge is 0.255 e. The van der Waals surface area contributed by atoms with Crippen LogP contribution in [0.5, 0.6) is 11.5 Å². The van der Waals surface area contributed by atoms with Gasteiger partial charge in [-0.25, -0.2) is 4.39 Å². The van der Waals surface area contributed by atoms with E-state index in [9.17, 15) is 14.3 Å². The van der Waals surface area contributed by atoms with Crippen molar-refractivity contribution in [3.63, 3.8) is 0 Å². The molecule has 0 spiro atoms. The number of nitrogens with zero attached hydrogens (tertiary/aromatic N) is 1. The number of rotatable bonds is 7. The molecular weight excluding hydrogens is 411 g/mol. The van der Waals surface area contributed by atoms with Gasteiger partial charge in [0.25, 0.3) is 5.91 Å². The maximum absolute atomic E-state index is 13.2. The molecule has 174 valence electrons. The molecule has 1 aliphatic heterocycles. The summed E-state index contributed by atoms with van der Waals surface area (Å²) in [5, 5.41) is 10.6. The molecule has 1 fully saturated rings. The van der Waals surface area contributed by atoms with E-state index >= 15 is 0 Å². The average Bonchev–Trinajstić information content (AvgIpc) is 2.90.